The Morgan fingerprint density at radius 2 is 1.95 bits per heavy atom. The molecule has 2 unspecified atom stereocenters. The highest BCUT2D eigenvalue weighted by molar-refractivity contribution is 5.43. The Morgan fingerprint density at radius 1 is 1.25 bits per heavy atom. The molecule has 2 atom stereocenters. The largest absolute Gasteiger partial charge is 0.493 e. The second-order valence-corrected chi connectivity index (χ2v) is 5.39. The highest BCUT2D eigenvalue weighted by Crippen LogP contribution is 2.33. The maximum absolute atomic E-state index is 9.96. The number of aliphatic hydroxyl groups excluding tert-OH is 1. The van der Waals surface area contributed by atoms with Gasteiger partial charge in [-0.25, -0.2) is 0 Å². The molecular weight excluding hydrogens is 254 g/mol. The summed E-state index contributed by atoms with van der Waals surface area (Å²) in [5.74, 6) is 1.99. The van der Waals surface area contributed by atoms with Crippen LogP contribution in [0.15, 0.2) is 18.2 Å². The monoisotopic (exact) mass is 279 g/mol. The van der Waals surface area contributed by atoms with Crippen molar-refractivity contribution in [3.8, 4) is 11.5 Å². The van der Waals surface area contributed by atoms with E-state index >= 15 is 0 Å². The first-order chi connectivity index (χ1) is 9.69. The van der Waals surface area contributed by atoms with Crippen molar-refractivity contribution in [1.29, 1.82) is 0 Å². The molecule has 0 saturated heterocycles. The SMILES string of the molecule is CCC(NCC(O)C1CC1)c1ccc(OC)c(OC)c1. The van der Waals surface area contributed by atoms with E-state index < -0.39 is 0 Å². The Morgan fingerprint density at radius 3 is 2.50 bits per heavy atom. The van der Waals surface area contributed by atoms with Gasteiger partial charge in [0, 0.05) is 12.6 Å². The summed E-state index contributed by atoms with van der Waals surface area (Å²) in [7, 11) is 3.28. The molecular formula is C16H25NO3. The van der Waals surface area contributed by atoms with Crippen LogP contribution in [-0.4, -0.2) is 32.0 Å². The van der Waals surface area contributed by atoms with E-state index in [0.717, 1.165) is 36.3 Å². The molecule has 1 aliphatic rings. The summed E-state index contributed by atoms with van der Waals surface area (Å²) in [5.41, 5.74) is 1.16. The zero-order valence-electron chi connectivity index (χ0n) is 12.6. The summed E-state index contributed by atoms with van der Waals surface area (Å²) in [6.45, 7) is 2.79. The van der Waals surface area contributed by atoms with Gasteiger partial charge in [0.1, 0.15) is 0 Å². The van der Waals surface area contributed by atoms with Crippen molar-refractivity contribution < 1.29 is 14.6 Å². The molecule has 4 nitrogen and oxygen atoms in total. The van der Waals surface area contributed by atoms with Gasteiger partial charge in [-0.2, -0.15) is 0 Å². The molecule has 0 radical (unpaired) electrons. The lowest BCUT2D eigenvalue weighted by molar-refractivity contribution is 0.144. The second kappa shape index (κ2) is 6.95. The molecule has 0 aliphatic heterocycles. The van der Waals surface area contributed by atoms with Gasteiger partial charge in [0.15, 0.2) is 11.5 Å². The molecule has 0 heterocycles. The van der Waals surface area contributed by atoms with Crippen LogP contribution >= 0.6 is 0 Å². The van der Waals surface area contributed by atoms with Crippen molar-refractivity contribution in [2.45, 2.75) is 38.3 Å². The summed E-state index contributed by atoms with van der Waals surface area (Å²) in [6, 6.07) is 6.20. The van der Waals surface area contributed by atoms with Crippen LogP contribution in [0.2, 0.25) is 0 Å². The number of hydrogen-bond donors (Lipinski definition) is 2. The van der Waals surface area contributed by atoms with Gasteiger partial charge in [0.2, 0.25) is 0 Å². The van der Waals surface area contributed by atoms with E-state index in [0.29, 0.717) is 12.5 Å². The first kappa shape index (κ1) is 15.1. The topological polar surface area (TPSA) is 50.7 Å². The average Bonchev–Trinajstić information content (AvgIpc) is 3.32. The number of hydrogen-bond acceptors (Lipinski definition) is 4. The summed E-state index contributed by atoms with van der Waals surface area (Å²) in [5, 5.41) is 13.4. The number of aliphatic hydroxyl groups is 1. The van der Waals surface area contributed by atoms with Crippen LogP contribution < -0.4 is 14.8 Å². The van der Waals surface area contributed by atoms with Crippen LogP contribution in [-0.2, 0) is 0 Å². The Kier molecular flexibility index (Phi) is 5.26. The third-order valence-corrected chi connectivity index (χ3v) is 3.96. The highest BCUT2D eigenvalue weighted by atomic mass is 16.5. The lowest BCUT2D eigenvalue weighted by Gasteiger charge is -2.21. The summed E-state index contributed by atoms with van der Waals surface area (Å²) >= 11 is 0. The molecule has 2 N–H and O–H groups in total. The number of benzene rings is 1. The molecule has 0 spiro atoms. The van der Waals surface area contributed by atoms with E-state index in [2.05, 4.69) is 12.2 Å². The maximum Gasteiger partial charge on any atom is 0.161 e. The van der Waals surface area contributed by atoms with Gasteiger partial charge >= 0.3 is 0 Å². The van der Waals surface area contributed by atoms with Gasteiger partial charge in [-0.1, -0.05) is 13.0 Å². The normalized spacial score (nSPS) is 17.6. The Bertz CT molecular complexity index is 432. The molecule has 112 valence electrons. The molecule has 20 heavy (non-hydrogen) atoms. The lowest BCUT2D eigenvalue weighted by atomic mass is 10.0. The molecule has 0 amide bonds. The Balaban J connectivity index is 2.02. The van der Waals surface area contributed by atoms with Crippen molar-refractivity contribution in [2.75, 3.05) is 20.8 Å². The van der Waals surface area contributed by atoms with Crippen LogP contribution in [0.1, 0.15) is 37.8 Å². The molecule has 1 aliphatic carbocycles. The fraction of sp³-hybridized carbons (Fsp3) is 0.625. The lowest BCUT2D eigenvalue weighted by Crippen LogP contribution is -2.31. The number of rotatable bonds is 8. The first-order valence-electron chi connectivity index (χ1n) is 7.33. The van der Waals surface area contributed by atoms with Gasteiger partial charge < -0.3 is 19.9 Å². The van der Waals surface area contributed by atoms with E-state index in [9.17, 15) is 5.11 Å². The standard InChI is InChI=1S/C16H25NO3/c1-4-13(17-10-14(18)11-5-6-11)12-7-8-15(19-2)16(9-12)20-3/h7-9,11,13-14,17-18H,4-6,10H2,1-3H3. The van der Waals surface area contributed by atoms with Crippen molar-refractivity contribution in [3.63, 3.8) is 0 Å². The van der Waals surface area contributed by atoms with Crippen LogP contribution in [0.3, 0.4) is 0 Å². The summed E-state index contributed by atoms with van der Waals surface area (Å²) in [4.78, 5) is 0. The minimum absolute atomic E-state index is 0.218. The Hall–Kier alpha value is -1.26. The quantitative estimate of drug-likeness (QED) is 0.768. The van der Waals surface area contributed by atoms with Gasteiger partial charge in [0.25, 0.3) is 0 Å². The van der Waals surface area contributed by atoms with Gasteiger partial charge in [-0.05, 0) is 42.9 Å². The maximum atomic E-state index is 9.96. The van der Waals surface area contributed by atoms with Crippen molar-refractivity contribution >= 4 is 0 Å². The first-order valence-corrected chi connectivity index (χ1v) is 7.33. The van der Waals surface area contributed by atoms with E-state index in [-0.39, 0.29) is 12.1 Å². The van der Waals surface area contributed by atoms with Gasteiger partial charge in [-0.3, -0.25) is 0 Å². The van der Waals surface area contributed by atoms with Crippen molar-refractivity contribution in [1.82, 2.24) is 5.32 Å². The summed E-state index contributed by atoms with van der Waals surface area (Å²) < 4.78 is 10.6. The van der Waals surface area contributed by atoms with E-state index in [1.807, 2.05) is 18.2 Å². The third-order valence-electron chi connectivity index (χ3n) is 3.96. The molecule has 4 heteroatoms. The van der Waals surface area contributed by atoms with E-state index in [1.165, 1.54) is 0 Å². The van der Waals surface area contributed by atoms with E-state index in [4.69, 9.17) is 9.47 Å². The molecule has 2 rings (SSSR count). The highest BCUT2D eigenvalue weighted by Gasteiger charge is 2.29. The van der Waals surface area contributed by atoms with Gasteiger partial charge in [0.05, 0.1) is 20.3 Å². The smallest absolute Gasteiger partial charge is 0.161 e. The van der Waals surface area contributed by atoms with Crippen LogP contribution in [0.25, 0.3) is 0 Å². The van der Waals surface area contributed by atoms with Crippen LogP contribution in [0.5, 0.6) is 11.5 Å². The molecule has 1 fully saturated rings. The van der Waals surface area contributed by atoms with Crippen molar-refractivity contribution in [3.05, 3.63) is 23.8 Å². The zero-order chi connectivity index (χ0) is 14.5. The van der Waals surface area contributed by atoms with E-state index in [1.54, 1.807) is 14.2 Å². The molecule has 1 saturated carbocycles. The number of ether oxygens (including phenoxy) is 2. The average molecular weight is 279 g/mol. The number of methoxy groups -OCH3 is 2. The van der Waals surface area contributed by atoms with Crippen LogP contribution in [0, 0.1) is 5.92 Å². The summed E-state index contributed by atoms with van der Waals surface area (Å²) in [6.07, 6.45) is 3.07. The molecule has 0 bridgehead atoms. The second-order valence-electron chi connectivity index (χ2n) is 5.39. The minimum Gasteiger partial charge on any atom is -0.493 e. The molecule has 1 aromatic rings. The number of nitrogens with one attached hydrogen (secondary N) is 1. The zero-order valence-corrected chi connectivity index (χ0v) is 12.6. The predicted octanol–water partition coefficient (Wildman–Crippen LogP) is 2.52. The predicted molar refractivity (Wildman–Crippen MR) is 79.3 cm³/mol. The molecule has 0 aromatic heterocycles. The minimum atomic E-state index is -0.218. The fourth-order valence-corrected chi connectivity index (χ4v) is 2.48. The van der Waals surface area contributed by atoms with Gasteiger partial charge in [-0.15, -0.1) is 0 Å². The fourth-order valence-electron chi connectivity index (χ4n) is 2.48. The van der Waals surface area contributed by atoms with Crippen molar-refractivity contribution in [2.24, 2.45) is 5.92 Å². The molecule has 1 aromatic carbocycles. The third kappa shape index (κ3) is 3.64. The van der Waals surface area contributed by atoms with Crippen LogP contribution in [0.4, 0.5) is 0 Å². The Labute approximate surface area is 121 Å².